The van der Waals surface area contributed by atoms with Crippen molar-refractivity contribution in [3.05, 3.63) is 65.7 Å². The number of halogens is 2. The van der Waals surface area contributed by atoms with E-state index in [1.54, 1.807) is 31.2 Å². The standard InChI is InChI=1S/C15H14F2O2/c1-15(18,11-6-3-2-4-7-11)10-19-13-9-5-8-12(16)14(13)17/h2-9,18H,10H2,1H3. The second kappa shape index (κ2) is 5.36. The van der Waals surface area contributed by atoms with Gasteiger partial charge in [0, 0.05) is 0 Å². The molecule has 0 spiro atoms. The van der Waals surface area contributed by atoms with Crippen LogP contribution in [0.2, 0.25) is 0 Å². The minimum atomic E-state index is -1.28. The third-order valence-corrected chi connectivity index (χ3v) is 2.82. The second-order valence-corrected chi connectivity index (χ2v) is 4.48. The Kier molecular flexibility index (Phi) is 3.81. The third kappa shape index (κ3) is 3.09. The molecule has 0 bridgehead atoms. The molecule has 0 aliphatic heterocycles. The fourth-order valence-corrected chi connectivity index (χ4v) is 1.69. The molecule has 1 unspecified atom stereocenters. The highest BCUT2D eigenvalue weighted by Gasteiger charge is 2.24. The van der Waals surface area contributed by atoms with Crippen LogP contribution >= 0.6 is 0 Å². The van der Waals surface area contributed by atoms with Crippen molar-refractivity contribution in [2.75, 3.05) is 6.61 Å². The summed E-state index contributed by atoms with van der Waals surface area (Å²) in [6.07, 6.45) is 0. The fourth-order valence-electron chi connectivity index (χ4n) is 1.69. The van der Waals surface area contributed by atoms with E-state index in [0.717, 1.165) is 6.07 Å². The summed E-state index contributed by atoms with van der Waals surface area (Å²) in [6.45, 7) is 1.39. The molecule has 1 N–H and O–H groups in total. The Hall–Kier alpha value is -1.94. The van der Waals surface area contributed by atoms with Crippen molar-refractivity contribution in [3.63, 3.8) is 0 Å². The Balaban J connectivity index is 2.12. The summed E-state index contributed by atoms with van der Waals surface area (Å²) >= 11 is 0. The minimum absolute atomic E-state index is 0.169. The Morgan fingerprint density at radius 1 is 1.05 bits per heavy atom. The number of ether oxygens (including phenoxy) is 1. The number of hydrogen-bond donors (Lipinski definition) is 1. The van der Waals surface area contributed by atoms with Crippen LogP contribution in [0.3, 0.4) is 0 Å². The summed E-state index contributed by atoms with van der Waals surface area (Å²) in [5.41, 5.74) is -0.633. The van der Waals surface area contributed by atoms with Crippen molar-refractivity contribution in [3.8, 4) is 5.75 Å². The average Bonchev–Trinajstić information content (AvgIpc) is 2.41. The molecule has 0 saturated carbocycles. The Morgan fingerprint density at radius 3 is 2.42 bits per heavy atom. The average molecular weight is 264 g/mol. The molecule has 0 amide bonds. The van der Waals surface area contributed by atoms with Crippen LogP contribution in [-0.4, -0.2) is 11.7 Å². The van der Waals surface area contributed by atoms with Crippen LogP contribution in [0, 0.1) is 11.6 Å². The van der Waals surface area contributed by atoms with Crippen LogP contribution in [0.5, 0.6) is 5.75 Å². The molecule has 0 saturated heterocycles. The molecule has 0 aromatic heterocycles. The van der Waals surface area contributed by atoms with Crippen molar-refractivity contribution in [2.24, 2.45) is 0 Å². The number of benzene rings is 2. The van der Waals surface area contributed by atoms with Gasteiger partial charge in [0.15, 0.2) is 11.6 Å². The lowest BCUT2D eigenvalue weighted by Crippen LogP contribution is -2.29. The van der Waals surface area contributed by atoms with Gasteiger partial charge in [0.1, 0.15) is 12.2 Å². The van der Waals surface area contributed by atoms with E-state index in [9.17, 15) is 13.9 Å². The normalized spacial score (nSPS) is 13.9. The van der Waals surface area contributed by atoms with Crippen LogP contribution in [0.4, 0.5) is 8.78 Å². The molecule has 2 nitrogen and oxygen atoms in total. The molecule has 0 radical (unpaired) electrons. The van der Waals surface area contributed by atoms with Gasteiger partial charge in [0.25, 0.3) is 0 Å². The van der Waals surface area contributed by atoms with Gasteiger partial charge < -0.3 is 9.84 Å². The first-order chi connectivity index (χ1) is 9.00. The summed E-state index contributed by atoms with van der Waals surface area (Å²) in [5.74, 6) is -2.24. The smallest absolute Gasteiger partial charge is 0.200 e. The van der Waals surface area contributed by atoms with Gasteiger partial charge in [0.2, 0.25) is 5.82 Å². The minimum Gasteiger partial charge on any atom is -0.487 e. The maximum atomic E-state index is 13.4. The predicted molar refractivity (Wildman–Crippen MR) is 67.9 cm³/mol. The van der Waals surface area contributed by atoms with E-state index >= 15 is 0 Å². The molecule has 4 heteroatoms. The van der Waals surface area contributed by atoms with Crippen molar-refractivity contribution in [1.82, 2.24) is 0 Å². The van der Waals surface area contributed by atoms with E-state index in [4.69, 9.17) is 4.74 Å². The molecule has 100 valence electrons. The molecule has 19 heavy (non-hydrogen) atoms. The second-order valence-electron chi connectivity index (χ2n) is 4.48. The van der Waals surface area contributed by atoms with Crippen LogP contribution in [0.15, 0.2) is 48.5 Å². The van der Waals surface area contributed by atoms with Crippen molar-refractivity contribution < 1.29 is 18.6 Å². The summed E-state index contributed by atoms with van der Waals surface area (Å²) in [6, 6.07) is 12.6. The van der Waals surface area contributed by atoms with Gasteiger partial charge in [-0.1, -0.05) is 36.4 Å². The highest BCUT2D eigenvalue weighted by Crippen LogP contribution is 2.24. The largest absolute Gasteiger partial charge is 0.487 e. The van der Waals surface area contributed by atoms with E-state index in [0.29, 0.717) is 5.56 Å². The zero-order chi connectivity index (χ0) is 13.9. The summed E-state index contributed by atoms with van der Waals surface area (Å²) in [4.78, 5) is 0. The van der Waals surface area contributed by atoms with Crippen molar-refractivity contribution >= 4 is 0 Å². The lowest BCUT2D eigenvalue weighted by molar-refractivity contribution is 0.00621. The van der Waals surface area contributed by atoms with Crippen LogP contribution < -0.4 is 4.74 Å². The topological polar surface area (TPSA) is 29.5 Å². The van der Waals surface area contributed by atoms with Crippen LogP contribution in [-0.2, 0) is 5.60 Å². The monoisotopic (exact) mass is 264 g/mol. The first kappa shape index (κ1) is 13.5. The van der Waals surface area contributed by atoms with Crippen molar-refractivity contribution in [2.45, 2.75) is 12.5 Å². The summed E-state index contributed by atoms with van der Waals surface area (Å²) in [7, 11) is 0. The Morgan fingerprint density at radius 2 is 1.74 bits per heavy atom. The predicted octanol–water partition coefficient (Wildman–Crippen LogP) is 3.25. The van der Waals surface area contributed by atoms with Gasteiger partial charge in [-0.05, 0) is 24.6 Å². The quantitative estimate of drug-likeness (QED) is 0.918. The molecule has 2 aromatic carbocycles. The van der Waals surface area contributed by atoms with E-state index < -0.39 is 17.2 Å². The zero-order valence-corrected chi connectivity index (χ0v) is 10.4. The van der Waals surface area contributed by atoms with Gasteiger partial charge in [-0.25, -0.2) is 4.39 Å². The zero-order valence-electron chi connectivity index (χ0n) is 10.4. The third-order valence-electron chi connectivity index (χ3n) is 2.82. The van der Waals surface area contributed by atoms with Crippen LogP contribution in [0.25, 0.3) is 0 Å². The van der Waals surface area contributed by atoms with Gasteiger partial charge >= 0.3 is 0 Å². The molecule has 0 aliphatic rings. The number of aliphatic hydroxyl groups is 1. The van der Waals surface area contributed by atoms with E-state index in [1.807, 2.05) is 6.07 Å². The van der Waals surface area contributed by atoms with E-state index in [1.165, 1.54) is 12.1 Å². The maximum absolute atomic E-state index is 13.4. The van der Waals surface area contributed by atoms with Gasteiger partial charge in [-0.2, -0.15) is 4.39 Å². The lowest BCUT2D eigenvalue weighted by Gasteiger charge is -2.24. The van der Waals surface area contributed by atoms with Gasteiger partial charge in [-0.3, -0.25) is 0 Å². The van der Waals surface area contributed by atoms with Gasteiger partial charge in [0.05, 0.1) is 0 Å². The highest BCUT2D eigenvalue weighted by molar-refractivity contribution is 5.26. The maximum Gasteiger partial charge on any atom is 0.200 e. The van der Waals surface area contributed by atoms with Gasteiger partial charge in [-0.15, -0.1) is 0 Å². The molecular weight excluding hydrogens is 250 g/mol. The molecule has 2 rings (SSSR count). The SMILES string of the molecule is CC(O)(COc1cccc(F)c1F)c1ccccc1. The Bertz CT molecular complexity index is 553. The highest BCUT2D eigenvalue weighted by atomic mass is 19.2. The Labute approximate surface area is 110 Å². The molecule has 2 aromatic rings. The number of rotatable bonds is 4. The first-order valence-electron chi connectivity index (χ1n) is 5.85. The number of hydrogen-bond acceptors (Lipinski definition) is 2. The molecule has 0 fully saturated rings. The molecule has 0 heterocycles. The summed E-state index contributed by atoms with van der Waals surface area (Å²) < 4.78 is 31.6. The molecular formula is C15H14F2O2. The molecule has 1 atom stereocenters. The first-order valence-corrected chi connectivity index (χ1v) is 5.85. The van der Waals surface area contributed by atoms with E-state index in [2.05, 4.69) is 0 Å². The van der Waals surface area contributed by atoms with Crippen molar-refractivity contribution in [1.29, 1.82) is 0 Å². The molecule has 0 aliphatic carbocycles. The van der Waals surface area contributed by atoms with Crippen LogP contribution in [0.1, 0.15) is 12.5 Å². The van der Waals surface area contributed by atoms with E-state index in [-0.39, 0.29) is 12.4 Å². The fraction of sp³-hybridized carbons (Fsp3) is 0.200. The lowest BCUT2D eigenvalue weighted by atomic mass is 9.97. The summed E-state index contributed by atoms with van der Waals surface area (Å²) in [5, 5.41) is 10.3.